The number of hydrogen-bond donors (Lipinski definition) is 2. The Labute approximate surface area is 190 Å². The SMILES string of the molecule is CC(C)(C)NS(=O)(=O)c1cccc(NC(=O)c2ccc(F)nc2N2CCC(=C(F)F)CC2)c1. The highest BCUT2D eigenvalue weighted by Gasteiger charge is 2.25. The summed E-state index contributed by atoms with van der Waals surface area (Å²) in [6, 6.07) is 8.01. The van der Waals surface area contributed by atoms with Gasteiger partial charge in [0.25, 0.3) is 12.0 Å². The molecule has 0 spiro atoms. The van der Waals surface area contributed by atoms with Crippen LogP contribution in [0, 0.1) is 5.95 Å². The van der Waals surface area contributed by atoms with Gasteiger partial charge in [0, 0.05) is 24.3 Å². The minimum absolute atomic E-state index is 0.0312. The highest BCUT2D eigenvalue weighted by Crippen LogP contribution is 2.28. The number of benzene rings is 1. The summed E-state index contributed by atoms with van der Waals surface area (Å²) in [4.78, 5) is 18.3. The van der Waals surface area contributed by atoms with Gasteiger partial charge in [-0.15, -0.1) is 0 Å². The monoisotopic (exact) mass is 482 g/mol. The Hall–Kier alpha value is -2.92. The summed E-state index contributed by atoms with van der Waals surface area (Å²) >= 11 is 0. The fourth-order valence-corrected chi connectivity index (χ4v) is 4.89. The van der Waals surface area contributed by atoms with Gasteiger partial charge in [0.05, 0.1) is 10.5 Å². The molecule has 0 unspecified atom stereocenters. The zero-order chi connectivity index (χ0) is 24.4. The van der Waals surface area contributed by atoms with Crippen LogP contribution >= 0.6 is 0 Å². The van der Waals surface area contributed by atoms with E-state index in [0.717, 1.165) is 6.07 Å². The summed E-state index contributed by atoms with van der Waals surface area (Å²) in [7, 11) is -3.82. The average molecular weight is 483 g/mol. The van der Waals surface area contributed by atoms with E-state index in [2.05, 4.69) is 15.0 Å². The molecule has 1 aromatic carbocycles. The maximum Gasteiger partial charge on any atom is 0.269 e. The molecule has 11 heteroatoms. The summed E-state index contributed by atoms with van der Waals surface area (Å²) in [5.74, 6) is -1.39. The van der Waals surface area contributed by atoms with Gasteiger partial charge in [-0.25, -0.2) is 18.1 Å². The smallest absolute Gasteiger partial charge is 0.269 e. The van der Waals surface area contributed by atoms with Crippen molar-refractivity contribution in [3.05, 3.63) is 59.6 Å². The molecule has 2 aromatic rings. The van der Waals surface area contributed by atoms with Crippen molar-refractivity contribution < 1.29 is 26.4 Å². The number of carbonyl (C=O) groups excluding carboxylic acids is 1. The van der Waals surface area contributed by atoms with E-state index in [1.165, 1.54) is 30.3 Å². The normalized spacial score (nSPS) is 14.8. The van der Waals surface area contributed by atoms with Gasteiger partial charge in [-0.05, 0) is 69.5 Å². The number of carbonyl (C=O) groups is 1. The van der Waals surface area contributed by atoms with Crippen molar-refractivity contribution in [3.63, 3.8) is 0 Å². The number of pyridine rings is 1. The lowest BCUT2D eigenvalue weighted by Crippen LogP contribution is -2.40. The Kier molecular flexibility index (Phi) is 7.13. The number of piperidine rings is 1. The first-order chi connectivity index (χ1) is 15.4. The third-order valence-corrected chi connectivity index (χ3v) is 6.62. The number of hydrogen-bond acceptors (Lipinski definition) is 5. The highest BCUT2D eigenvalue weighted by molar-refractivity contribution is 7.89. The van der Waals surface area contributed by atoms with Crippen LogP contribution in [0.25, 0.3) is 0 Å². The van der Waals surface area contributed by atoms with Crippen molar-refractivity contribution in [2.45, 2.75) is 44.0 Å². The minimum atomic E-state index is -3.82. The van der Waals surface area contributed by atoms with E-state index in [9.17, 15) is 26.4 Å². The van der Waals surface area contributed by atoms with Crippen LogP contribution in [-0.4, -0.2) is 37.9 Å². The standard InChI is InChI=1S/C22H25F3N4O3S/c1-22(2,3)28-33(31,32)16-6-4-5-15(13-16)26-21(30)17-7-8-18(23)27-20(17)29-11-9-14(10-12-29)19(24)25/h4-8,13,28H,9-12H2,1-3H3,(H,26,30). The number of nitrogens with zero attached hydrogens (tertiary/aromatic N) is 2. The third-order valence-electron chi connectivity index (χ3n) is 4.86. The molecule has 33 heavy (non-hydrogen) atoms. The van der Waals surface area contributed by atoms with Gasteiger partial charge in [0.1, 0.15) is 5.82 Å². The second-order valence-corrected chi connectivity index (χ2v) is 10.4. The number of halogens is 3. The maximum absolute atomic E-state index is 13.8. The van der Waals surface area contributed by atoms with Gasteiger partial charge in [-0.3, -0.25) is 4.79 Å². The molecule has 3 rings (SSSR count). The molecule has 2 heterocycles. The lowest BCUT2D eigenvalue weighted by atomic mass is 10.0. The van der Waals surface area contributed by atoms with Gasteiger partial charge in [0.15, 0.2) is 0 Å². The number of sulfonamides is 1. The van der Waals surface area contributed by atoms with Gasteiger partial charge < -0.3 is 10.2 Å². The molecule has 0 saturated carbocycles. The molecule has 7 nitrogen and oxygen atoms in total. The molecule has 0 aliphatic carbocycles. The molecule has 1 amide bonds. The molecule has 0 radical (unpaired) electrons. The van der Waals surface area contributed by atoms with E-state index >= 15 is 0 Å². The van der Waals surface area contributed by atoms with Crippen molar-refractivity contribution in [1.82, 2.24) is 9.71 Å². The topological polar surface area (TPSA) is 91.4 Å². The number of anilines is 2. The van der Waals surface area contributed by atoms with E-state index in [-0.39, 0.29) is 53.5 Å². The van der Waals surface area contributed by atoms with Crippen molar-refractivity contribution in [2.24, 2.45) is 0 Å². The lowest BCUT2D eigenvalue weighted by molar-refractivity contribution is 0.102. The number of rotatable bonds is 5. The highest BCUT2D eigenvalue weighted by atomic mass is 32.2. The quantitative estimate of drug-likeness (QED) is 0.620. The van der Waals surface area contributed by atoms with Gasteiger partial charge in [-0.2, -0.15) is 13.2 Å². The summed E-state index contributed by atoms with van der Waals surface area (Å²) in [6.07, 6.45) is -1.54. The average Bonchev–Trinajstić information content (AvgIpc) is 2.72. The largest absolute Gasteiger partial charge is 0.355 e. The van der Waals surface area contributed by atoms with Gasteiger partial charge >= 0.3 is 0 Å². The fourth-order valence-electron chi connectivity index (χ4n) is 3.42. The molecular formula is C22H25F3N4O3S. The Morgan fingerprint density at radius 2 is 1.76 bits per heavy atom. The summed E-state index contributed by atoms with van der Waals surface area (Å²) < 4.78 is 67.3. The van der Waals surface area contributed by atoms with Crippen LogP contribution in [-0.2, 0) is 10.0 Å². The first-order valence-corrected chi connectivity index (χ1v) is 11.7. The summed E-state index contributed by atoms with van der Waals surface area (Å²) in [5.41, 5.74) is -0.391. The molecule has 1 aliphatic rings. The fraction of sp³-hybridized carbons (Fsp3) is 0.364. The molecule has 1 aromatic heterocycles. The van der Waals surface area contributed by atoms with Crippen LogP contribution in [0.15, 0.2) is 52.9 Å². The zero-order valence-corrected chi connectivity index (χ0v) is 19.3. The number of aromatic nitrogens is 1. The lowest BCUT2D eigenvalue weighted by Gasteiger charge is -2.30. The van der Waals surface area contributed by atoms with Crippen molar-refractivity contribution in [2.75, 3.05) is 23.3 Å². The summed E-state index contributed by atoms with van der Waals surface area (Å²) in [5, 5.41) is 2.61. The van der Waals surface area contributed by atoms with Gasteiger partial charge in [0.2, 0.25) is 16.0 Å². The first kappa shape index (κ1) is 24.7. The second kappa shape index (κ2) is 9.52. The van der Waals surface area contributed by atoms with Crippen LogP contribution in [0.3, 0.4) is 0 Å². The van der Waals surface area contributed by atoms with Crippen LogP contribution in [0.1, 0.15) is 44.0 Å². The first-order valence-electron chi connectivity index (χ1n) is 10.3. The van der Waals surface area contributed by atoms with E-state index in [1.54, 1.807) is 25.7 Å². The Morgan fingerprint density at radius 1 is 1.09 bits per heavy atom. The van der Waals surface area contributed by atoms with Crippen LogP contribution in [0.5, 0.6) is 0 Å². The van der Waals surface area contributed by atoms with E-state index in [0.29, 0.717) is 0 Å². The molecule has 1 saturated heterocycles. The molecule has 0 atom stereocenters. The van der Waals surface area contributed by atoms with Crippen LogP contribution in [0.4, 0.5) is 24.7 Å². The van der Waals surface area contributed by atoms with Crippen molar-refractivity contribution >= 4 is 27.4 Å². The van der Waals surface area contributed by atoms with Gasteiger partial charge in [-0.1, -0.05) is 6.07 Å². The number of amides is 1. The van der Waals surface area contributed by atoms with E-state index in [1.807, 2.05) is 0 Å². The molecular weight excluding hydrogens is 457 g/mol. The third kappa shape index (κ3) is 6.32. The zero-order valence-electron chi connectivity index (χ0n) is 18.5. The molecule has 178 valence electrons. The van der Waals surface area contributed by atoms with E-state index < -0.39 is 33.5 Å². The molecule has 1 fully saturated rings. The van der Waals surface area contributed by atoms with Crippen LogP contribution < -0.4 is 14.9 Å². The van der Waals surface area contributed by atoms with Crippen molar-refractivity contribution in [1.29, 1.82) is 0 Å². The predicted octanol–water partition coefficient (Wildman–Crippen LogP) is 4.30. The Balaban J connectivity index is 1.84. The summed E-state index contributed by atoms with van der Waals surface area (Å²) in [6.45, 7) is 5.45. The second-order valence-electron chi connectivity index (χ2n) is 8.69. The minimum Gasteiger partial charge on any atom is -0.355 e. The Bertz CT molecular complexity index is 1180. The number of nitrogens with one attached hydrogen (secondary N) is 2. The molecule has 2 N–H and O–H groups in total. The Morgan fingerprint density at radius 3 is 2.36 bits per heavy atom. The van der Waals surface area contributed by atoms with Crippen LogP contribution in [0.2, 0.25) is 0 Å². The predicted molar refractivity (Wildman–Crippen MR) is 119 cm³/mol. The molecule has 1 aliphatic heterocycles. The molecule has 0 bridgehead atoms. The van der Waals surface area contributed by atoms with Crippen molar-refractivity contribution in [3.8, 4) is 0 Å². The maximum atomic E-state index is 13.8. The van der Waals surface area contributed by atoms with E-state index in [4.69, 9.17) is 0 Å².